The second kappa shape index (κ2) is 10.9. The molecular formula is C24H46. The summed E-state index contributed by atoms with van der Waals surface area (Å²) in [7, 11) is 0. The lowest BCUT2D eigenvalue weighted by Crippen LogP contribution is -2.27. The standard InChI is InChI=1S/C21H38.C3H8/c1-16-4-3-5-18(9-6-16)20-12-14-21(15-13-20)19-10-7-17(2)8-11-19;1-3-2/h16-21H,3-15H2,1-2H3;3H2,1-2H3. The molecule has 0 amide bonds. The Labute approximate surface area is 153 Å². The fourth-order valence-electron chi connectivity index (χ4n) is 5.83. The van der Waals surface area contributed by atoms with Gasteiger partial charge in [0.25, 0.3) is 0 Å². The van der Waals surface area contributed by atoms with Crippen molar-refractivity contribution in [1.82, 2.24) is 0 Å². The largest absolute Gasteiger partial charge is 0.0656 e. The predicted octanol–water partition coefficient (Wildman–Crippen LogP) is 8.25. The van der Waals surface area contributed by atoms with E-state index >= 15 is 0 Å². The topological polar surface area (TPSA) is 0 Å². The highest BCUT2D eigenvalue weighted by atomic mass is 14.4. The highest BCUT2D eigenvalue weighted by Gasteiger charge is 2.33. The maximum Gasteiger partial charge on any atom is -0.0386 e. The van der Waals surface area contributed by atoms with Crippen molar-refractivity contribution in [2.45, 2.75) is 118 Å². The minimum absolute atomic E-state index is 1.01. The summed E-state index contributed by atoms with van der Waals surface area (Å²) in [4.78, 5) is 0. The lowest BCUT2D eigenvalue weighted by atomic mass is 9.67. The molecule has 24 heavy (non-hydrogen) atoms. The normalized spacial score (nSPS) is 41.0. The highest BCUT2D eigenvalue weighted by molar-refractivity contribution is 4.84. The van der Waals surface area contributed by atoms with E-state index in [1.165, 1.54) is 38.5 Å². The Hall–Kier alpha value is 0. The Morgan fingerprint density at radius 3 is 1.17 bits per heavy atom. The van der Waals surface area contributed by atoms with Gasteiger partial charge in [0.05, 0.1) is 0 Å². The quantitative estimate of drug-likeness (QED) is 0.446. The first kappa shape index (κ1) is 20.3. The smallest absolute Gasteiger partial charge is 0.0386 e. The third-order valence-corrected chi connectivity index (χ3v) is 7.51. The van der Waals surface area contributed by atoms with Crippen LogP contribution >= 0.6 is 0 Å². The van der Waals surface area contributed by atoms with E-state index in [4.69, 9.17) is 0 Å². The second-order valence-corrected chi connectivity index (χ2v) is 9.78. The van der Waals surface area contributed by atoms with Crippen molar-refractivity contribution in [3.63, 3.8) is 0 Å². The van der Waals surface area contributed by atoms with E-state index in [1.54, 1.807) is 51.4 Å². The number of hydrogen-bond acceptors (Lipinski definition) is 0. The van der Waals surface area contributed by atoms with E-state index < -0.39 is 0 Å². The van der Waals surface area contributed by atoms with Crippen LogP contribution in [-0.2, 0) is 0 Å². The lowest BCUT2D eigenvalue weighted by Gasteiger charge is -2.39. The molecule has 0 saturated heterocycles. The molecule has 0 aromatic heterocycles. The fourth-order valence-corrected chi connectivity index (χ4v) is 5.83. The van der Waals surface area contributed by atoms with E-state index in [2.05, 4.69) is 27.7 Å². The van der Waals surface area contributed by atoms with Crippen molar-refractivity contribution in [2.75, 3.05) is 0 Å². The van der Waals surface area contributed by atoms with Crippen molar-refractivity contribution in [3.05, 3.63) is 0 Å². The van der Waals surface area contributed by atoms with E-state index in [0.29, 0.717) is 0 Å². The third kappa shape index (κ3) is 6.38. The summed E-state index contributed by atoms with van der Waals surface area (Å²) in [6, 6.07) is 0. The maximum atomic E-state index is 2.48. The minimum atomic E-state index is 1.01. The molecule has 0 aromatic carbocycles. The van der Waals surface area contributed by atoms with Crippen molar-refractivity contribution >= 4 is 0 Å². The van der Waals surface area contributed by atoms with Gasteiger partial charge in [-0.15, -0.1) is 0 Å². The van der Waals surface area contributed by atoms with Gasteiger partial charge in [-0.1, -0.05) is 72.6 Å². The molecule has 0 heterocycles. The van der Waals surface area contributed by atoms with E-state index in [-0.39, 0.29) is 0 Å². The SMILES string of the molecule is CC1CCCC(C2CCC(C3CCC(C)CC3)CC2)CC1.CCC. The summed E-state index contributed by atoms with van der Waals surface area (Å²) in [5, 5.41) is 0. The Morgan fingerprint density at radius 2 is 0.750 bits per heavy atom. The third-order valence-electron chi connectivity index (χ3n) is 7.51. The molecule has 3 saturated carbocycles. The summed E-state index contributed by atoms with van der Waals surface area (Å²) in [5.74, 6) is 6.45. The summed E-state index contributed by atoms with van der Waals surface area (Å²) in [6.45, 7) is 9.18. The van der Waals surface area contributed by atoms with Crippen LogP contribution in [0, 0.1) is 35.5 Å². The molecule has 0 heteroatoms. The average Bonchev–Trinajstić information content (AvgIpc) is 2.81. The van der Waals surface area contributed by atoms with Gasteiger partial charge in [0.15, 0.2) is 0 Å². The Kier molecular flexibility index (Phi) is 9.20. The van der Waals surface area contributed by atoms with Crippen molar-refractivity contribution < 1.29 is 0 Å². The molecule has 3 fully saturated rings. The molecule has 142 valence electrons. The monoisotopic (exact) mass is 334 g/mol. The zero-order valence-corrected chi connectivity index (χ0v) is 17.4. The Bertz CT molecular complexity index is 304. The predicted molar refractivity (Wildman–Crippen MR) is 108 cm³/mol. The van der Waals surface area contributed by atoms with Crippen LogP contribution in [0.3, 0.4) is 0 Å². The maximum absolute atomic E-state index is 2.48. The molecule has 0 bridgehead atoms. The summed E-state index contributed by atoms with van der Waals surface area (Å²) in [5.41, 5.74) is 0. The van der Waals surface area contributed by atoms with Crippen LogP contribution in [0.2, 0.25) is 0 Å². The van der Waals surface area contributed by atoms with Crippen molar-refractivity contribution in [3.8, 4) is 0 Å². The molecule has 3 rings (SSSR count). The van der Waals surface area contributed by atoms with Gasteiger partial charge in [0.1, 0.15) is 0 Å². The first-order valence-electron chi connectivity index (χ1n) is 11.6. The molecular weight excluding hydrogens is 288 g/mol. The molecule has 2 atom stereocenters. The van der Waals surface area contributed by atoms with Crippen LogP contribution in [0.25, 0.3) is 0 Å². The fraction of sp³-hybridized carbons (Fsp3) is 1.00. The zero-order valence-electron chi connectivity index (χ0n) is 17.4. The molecule has 0 spiro atoms. The zero-order chi connectivity index (χ0) is 17.4. The minimum Gasteiger partial charge on any atom is -0.0656 e. The van der Waals surface area contributed by atoms with Crippen LogP contribution in [0.1, 0.15) is 118 Å². The van der Waals surface area contributed by atoms with Crippen molar-refractivity contribution in [2.24, 2.45) is 35.5 Å². The van der Waals surface area contributed by atoms with Crippen LogP contribution in [0.15, 0.2) is 0 Å². The molecule has 0 aromatic rings. The van der Waals surface area contributed by atoms with Gasteiger partial charge >= 0.3 is 0 Å². The van der Waals surface area contributed by atoms with Gasteiger partial charge < -0.3 is 0 Å². The van der Waals surface area contributed by atoms with Crippen LogP contribution in [0.5, 0.6) is 0 Å². The number of rotatable bonds is 2. The second-order valence-electron chi connectivity index (χ2n) is 9.78. The first-order chi connectivity index (χ1) is 11.6. The highest BCUT2D eigenvalue weighted by Crippen LogP contribution is 2.45. The molecule has 2 unspecified atom stereocenters. The van der Waals surface area contributed by atoms with Crippen molar-refractivity contribution in [1.29, 1.82) is 0 Å². The van der Waals surface area contributed by atoms with Gasteiger partial charge in [0.2, 0.25) is 0 Å². The van der Waals surface area contributed by atoms with Crippen LogP contribution in [-0.4, -0.2) is 0 Å². The van der Waals surface area contributed by atoms with E-state index in [1.807, 2.05) is 0 Å². The molecule has 0 N–H and O–H groups in total. The average molecular weight is 335 g/mol. The van der Waals surface area contributed by atoms with Gasteiger partial charge in [-0.3, -0.25) is 0 Å². The van der Waals surface area contributed by atoms with Gasteiger partial charge in [-0.2, -0.15) is 0 Å². The summed E-state index contributed by atoms with van der Waals surface area (Å²) in [6.07, 6.45) is 21.4. The molecule has 0 radical (unpaired) electrons. The molecule has 3 aliphatic carbocycles. The van der Waals surface area contributed by atoms with E-state index in [0.717, 1.165) is 35.5 Å². The van der Waals surface area contributed by atoms with Gasteiger partial charge in [-0.25, -0.2) is 0 Å². The lowest BCUT2D eigenvalue weighted by molar-refractivity contribution is 0.122. The Morgan fingerprint density at radius 1 is 0.458 bits per heavy atom. The van der Waals surface area contributed by atoms with Crippen LogP contribution in [0.4, 0.5) is 0 Å². The molecule has 0 aliphatic heterocycles. The molecule has 0 nitrogen and oxygen atoms in total. The van der Waals surface area contributed by atoms with E-state index in [9.17, 15) is 0 Å². The summed E-state index contributed by atoms with van der Waals surface area (Å²) < 4.78 is 0. The number of hydrogen-bond donors (Lipinski definition) is 0. The molecule has 3 aliphatic rings. The van der Waals surface area contributed by atoms with Crippen LogP contribution < -0.4 is 0 Å². The van der Waals surface area contributed by atoms with Gasteiger partial charge in [-0.05, 0) is 80.5 Å². The summed E-state index contributed by atoms with van der Waals surface area (Å²) >= 11 is 0. The Balaban J connectivity index is 0.000000647. The van der Waals surface area contributed by atoms with Gasteiger partial charge in [0, 0.05) is 0 Å². The first-order valence-corrected chi connectivity index (χ1v) is 11.6.